The summed E-state index contributed by atoms with van der Waals surface area (Å²) in [4.78, 5) is 30.8. The number of hydrogen-bond donors (Lipinski definition) is 0. The van der Waals surface area contributed by atoms with Crippen LogP contribution in [0.4, 0.5) is 35.1 Å². The predicted molar refractivity (Wildman–Crippen MR) is 73.6 cm³/mol. The topological polar surface area (TPSA) is 52.6 Å². The van der Waals surface area contributed by atoms with Gasteiger partial charge < -0.3 is 0 Å². The molecule has 0 atom stereocenters. The molecule has 0 aliphatic rings. The van der Waals surface area contributed by atoms with Crippen LogP contribution in [0.15, 0.2) is 36.4 Å². The SMILES string of the molecule is O=C(OOC(=O)c1c(F)cccc1C(F)(F)F)c1c(F)cccc1C(F)(F)F. The molecule has 4 nitrogen and oxygen atoms in total. The minimum absolute atomic E-state index is 0.320. The first-order chi connectivity index (χ1) is 12.8. The Kier molecular flexibility index (Phi) is 5.62. The number of halogens is 8. The minimum atomic E-state index is -5.20. The largest absolute Gasteiger partial charge is 0.417 e. The molecule has 2 aromatic rings. The highest BCUT2D eigenvalue weighted by atomic mass is 19.4. The molecule has 0 amide bonds. The highest BCUT2D eigenvalue weighted by Gasteiger charge is 2.40. The number of alkyl halides is 6. The molecule has 150 valence electrons. The lowest BCUT2D eigenvalue weighted by Crippen LogP contribution is -2.21. The Morgan fingerprint density at radius 1 is 0.643 bits per heavy atom. The third-order valence-corrected chi connectivity index (χ3v) is 3.24. The zero-order valence-corrected chi connectivity index (χ0v) is 13.1. The second kappa shape index (κ2) is 7.44. The summed E-state index contributed by atoms with van der Waals surface area (Å²) in [5, 5.41) is 0. The van der Waals surface area contributed by atoms with Gasteiger partial charge in [-0.15, -0.1) is 0 Å². The molecule has 2 aromatic carbocycles. The second-order valence-electron chi connectivity index (χ2n) is 5.06. The van der Waals surface area contributed by atoms with Crippen molar-refractivity contribution in [2.24, 2.45) is 0 Å². The first-order valence-electron chi connectivity index (χ1n) is 6.98. The highest BCUT2D eigenvalue weighted by Crippen LogP contribution is 2.35. The summed E-state index contributed by atoms with van der Waals surface area (Å²) in [6.45, 7) is 0. The van der Waals surface area contributed by atoms with E-state index in [1.54, 1.807) is 0 Å². The molecule has 0 saturated carbocycles. The van der Waals surface area contributed by atoms with Crippen molar-refractivity contribution in [2.75, 3.05) is 0 Å². The van der Waals surface area contributed by atoms with E-state index in [4.69, 9.17) is 0 Å². The molecule has 0 unspecified atom stereocenters. The van der Waals surface area contributed by atoms with E-state index in [1.165, 1.54) is 0 Å². The molecule has 0 N–H and O–H groups in total. The molecule has 0 saturated heterocycles. The summed E-state index contributed by atoms with van der Waals surface area (Å²) < 4.78 is 104. The van der Waals surface area contributed by atoms with E-state index in [0.717, 1.165) is 0 Å². The van der Waals surface area contributed by atoms with Crippen LogP contribution in [-0.4, -0.2) is 11.9 Å². The first kappa shape index (κ1) is 21.1. The zero-order chi connectivity index (χ0) is 21.3. The van der Waals surface area contributed by atoms with Gasteiger partial charge in [0.05, 0.1) is 11.1 Å². The van der Waals surface area contributed by atoms with Gasteiger partial charge in [0.1, 0.15) is 22.8 Å². The second-order valence-corrected chi connectivity index (χ2v) is 5.06. The molecule has 2 rings (SSSR count). The maximum absolute atomic E-state index is 13.6. The molecule has 0 bridgehead atoms. The molecule has 0 aliphatic carbocycles. The Morgan fingerprint density at radius 2 is 0.964 bits per heavy atom. The Labute approximate surface area is 150 Å². The highest BCUT2D eigenvalue weighted by molar-refractivity contribution is 5.94. The minimum Gasteiger partial charge on any atom is -0.241 e. The van der Waals surface area contributed by atoms with Gasteiger partial charge in [0.25, 0.3) is 0 Å². The van der Waals surface area contributed by atoms with Crippen molar-refractivity contribution in [3.8, 4) is 0 Å². The van der Waals surface area contributed by atoms with Gasteiger partial charge in [-0.2, -0.15) is 26.3 Å². The Bertz CT molecular complexity index is 842. The lowest BCUT2D eigenvalue weighted by Gasteiger charge is -2.13. The smallest absolute Gasteiger partial charge is 0.241 e. The summed E-state index contributed by atoms with van der Waals surface area (Å²) in [5.74, 6) is -7.72. The molecular weight excluding hydrogens is 408 g/mol. The number of benzene rings is 2. The average molecular weight is 414 g/mol. The van der Waals surface area contributed by atoms with Crippen molar-refractivity contribution in [1.29, 1.82) is 0 Å². The standard InChI is InChI=1S/C16H6F8O4/c17-9-5-1-3-7(15(19,20)21)11(9)13(25)27-28-14(26)12-8(16(22,23)24)4-2-6-10(12)18/h1-6H. The molecule has 0 radical (unpaired) electrons. The van der Waals surface area contributed by atoms with E-state index in [9.17, 15) is 44.7 Å². The van der Waals surface area contributed by atoms with Crippen molar-refractivity contribution in [1.82, 2.24) is 0 Å². The van der Waals surface area contributed by atoms with Crippen molar-refractivity contribution >= 4 is 11.9 Å². The molecule has 0 spiro atoms. The van der Waals surface area contributed by atoms with Gasteiger partial charge in [0.15, 0.2) is 0 Å². The molecule has 0 fully saturated rings. The van der Waals surface area contributed by atoms with E-state index in [-0.39, 0.29) is 0 Å². The van der Waals surface area contributed by atoms with Crippen molar-refractivity contribution < 1.29 is 54.5 Å². The van der Waals surface area contributed by atoms with Crippen LogP contribution in [0.3, 0.4) is 0 Å². The van der Waals surface area contributed by atoms with Gasteiger partial charge in [-0.05, 0) is 24.3 Å². The number of rotatable bonds is 2. The molecule has 28 heavy (non-hydrogen) atoms. The monoisotopic (exact) mass is 414 g/mol. The molecule has 0 heterocycles. The third kappa shape index (κ3) is 4.38. The van der Waals surface area contributed by atoms with Gasteiger partial charge in [0, 0.05) is 0 Å². The molecular formula is C16H6F8O4. The van der Waals surface area contributed by atoms with Crippen LogP contribution in [-0.2, 0) is 22.1 Å². The fourth-order valence-corrected chi connectivity index (χ4v) is 2.09. The summed E-state index contributed by atoms with van der Waals surface area (Å²) >= 11 is 0. The van der Waals surface area contributed by atoms with Crippen LogP contribution in [0.5, 0.6) is 0 Å². The van der Waals surface area contributed by atoms with Crippen molar-refractivity contribution in [2.45, 2.75) is 12.4 Å². The first-order valence-corrected chi connectivity index (χ1v) is 6.98. The average Bonchev–Trinajstić information content (AvgIpc) is 2.57. The number of hydrogen-bond acceptors (Lipinski definition) is 4. The van der Waals surface area contributed by atoms with Gasteiger partial charge in [0.2, 0.25) is 0 Å². The van der Waals surface area contributed by atoms with E-state index in [0.29, 0.717) is 36.4 Å². The summed E-state index contributed by atoms with van der Waals surface area (Å²) in [7, 11) is 0. The van der Waals surface area contributed by atoms with Crippen LogP contribution in [0.2, 0.25) is 0 Å². The fraction of sp³-hybridized carbons (Fsp3) is 0.125. The summed E-state index contributed by atoms with van der Waals surface area (Å²) in [6.07, 6.45) is -10.4. The predicted octanol–water partition coefficient (Wildman–Crippen LogP) is 4.93. The van der Waals surface area contributed by atoms with Crippen molar-refractivity contribution in [3.63, 3.8) is 0 Å². The lowest BCUT2D eigenvalue weighted by atomic mass is 10.1. The lowest BCUT2D eigenvalue weighted by molar-refractivity contribution is -0.189. The van der Waals surface area contributed by atoms with E-state index in [1.807, 2.05) is 0 Å². The number of carbonyl (C=O) groups excluding carboxylic acids is 2. The van der Waals surface area contributed by atoms with Crippen molar-refractivity contribution in [3.05, 3.63) is 70.3 Å². The van der Waals surface area contributed by atoms with E-state index in [2.05, 4.69) is 9.78 Å². The van der Waals surface area contributed by atoms with Gasteiger partial charge in [-0.1, -0.05) is 12.1 Å². The third-order valence-electron chi connectivity index (χ3n) is 3.24. The molecule has 0 aliphatic heterocycles. The van der Waals surface area contributed by atoms with Crippen LogP contribution >= 0.6 is 0 Å². The Hall–Kier alpha value is -3.18. The maximum Gasteiger partial charge on any atom is 0.417 e. The summed E-state index contributed by atoms with van der Waals surface area (Å²) in [6, 6.07) is 2.84. The normalized spacial score (nSPS) is 11.9. The van der Waals surface area contributed by atoms with Crippen LogP contribution in [0.1, 0.15) is 31.8 Å². The van der Waals surface area contributed by atoms with Crippen LogP contribution < -0.4 is 0 Å². The van der Waals surface area contributed by atoms with Gasteiger partial charge >= 0.3 is 24.3 Å². The van der Waals surface area contributed by atoms with E-state index >= 15 is 0 Å². The number of carbonyl (C=O) groups is 2. The molecule has 12 heteroatoms. The van der Waals surface area contributed by atoms with E-state index < -0.39 is 58.2 Å². The molecule has 0 aromatic heterocycles. The van der Waals surface area contributed by atoms with Crippen LogP contribution in [0, 0.1) is 11.6 Å². The van der Waals surface area contributed by atoms with Crippen LogP contribution in [0.25, 0.3) is 0 Å². The quantitative estimate of drug-likeness (QED) is 0.397. The summed E-state index contributed by atoms with van der Waals surface area (Å²) in [5.41, 5.74) is -6.91. The maximum atomic E-state index is 13.6. The van der Waals surface area contributed by atoms with Gasteiger partial charge in [-0.25, -0.2) is 28.1 Å². The Balaban J connectivity index is 2.30. The van der Waals surface area contributed by atoms with Gasteiger partial charge in [-0.3, -0.25) is 0 Å². The fourth-order valence-electron chi connectivity index (χ4n) is 2.09. The Morgan fingerprint density at radius 3 is 1.25 bits per heavy atom. The zero-order valence-electron chi connectivity index (χ0n) is 13.1.